The first-order valence-corrected chi connectivity index (χ1v) is 4.60. The van der Waals surface area contributed by atoms with E-state index in [2.05, 4.69) is 6.58 Å². The minimum Gasteiger partial charge on any atom is -0.487 e. The second kappa shape index (κ2) is 4.79. The van der Waals surface area contributed by atoms with Crippen molar-refractivity contribution in [3.05, 3.63) is 45.5 Å². The van der Waals surface area contributed by atoms with E-state index in [-0.39, 0.29) is 10.7 Å². The summed E-state index contributed by atoms with van der Waals surface area (Å²) in [6.45, 7) is 5.74. The van der Waals surface area contributed by atoms with Gasteiger partial charge in [0, 0.05) is 6.07 Å². The van der Waals surface area contributed by atoms with Crippen LogP contribution >= 0.6 is 11.6 Å². The highest BCUT2D eigenvalue weighted by atomic mass is 35.5. The highest BCUT2D eigenvalue weighted by Crippen LogP contribution is 2.33. The van der Waals surface area contributed by atoms with Crippen molar-refractivity contribution in [3.63, 3.8) is 0 Å². The number of nitrogens with zero attached hydrogens (tertiary/aromatic N) is 1. The van der Waals surface area contributed by atoms with Gasteiger partial charge in [0.1, 0.15) is 12.4 Å². The van der Waals surface area contributed by atoms with Crippen LogP contribution < -0.4 is 4.74 Å². The van der Waals surface area contributed by atoms with E-state index in [1.165, 1.54) is 12.1 Å². The van der Waals surface area contributed by atoms with Crippen molar-refractivity contribution in [3.8, 4) is 5.75 Å². The van der Waals surface area contributed by atoms with Crippen molar-refractivity contribution in [1.82, 2.24) is 0 Å². The lowest BCUT2D eigenvalue weighted by Gasteiger charge is -2.07. The van der Waals surface area contributed by atoms with Crippen LogP contribution in [0.4, 0.5) is 5.69 Å². The standard InChI is InChI=1S/C10H10ClNO3/c1-7(2)6-15-9-5-3-4-8(10(9)11)12(13)14/h3-5H,1,6H2,2H3. The zero-order chi connectivity index (χ0) is 11.4. The van der Waals surface area contributed by atoms with Gasteiger partial charge < -0.3 is 4.74 Å². The summed E-state index contributed by atoms with van der Waals surface area (Å²) in [6.07, 6.45) is 0. The number of benzene rings is 1. The molecule has 0 unspecified atom stereocenters. The van der Waals surface area contributed by atoms with Crippen molar-refractivity contribution in [2.24, 2.45) is 0 Å². The summed E-state index contributed by atoms with van der Waals surface area (Å²) in [4.78, 5) is 10.0. The molecule has 0 amide bonds. The molecule has 0 fully saturated rings. The van der Waals surface area contributed by atoms with Crippen molar-refractivity contribution < 1.29 is 9.66 Å². The molecule has 15 heavy (non-hydrogen) atoms. The molecule has 0 saturated heterocycles. The van der Waals surface area contributed by atoms with Crippen LogP contribution in [0.25, 0.3) is 0 Å². The summed E-state index contributed by atoms with van der Waals surface area (Å²) in [6, 6.07) is 4.44. The largest absolute Gasteiger partial charge is 0.487 e. The van der Waals surface area contributed by atoms with Crippen molar-refractivity contribution >= 4 is 17.3 Å². The van der Waals surface area contributed by atoms with E-state index in [1.807, 2.05) is 0 Å². The van der Waals surface area contributed by atoms with E-state index < -0.39 is 4.92 Å². The first kappa shape index (κ1) is 11.5. The van der Waals surface area contributed by atoms with Crippen LogP contribution in [0.1, 0.15) is 6.92 Å². The Labute approximate surface area is 92.3 Å². The van der Waals surface area contributed by atoms with Gasteiger partial charge >= 0.3 is 0 Å². The number of nitro groups is 1. The number of hydrogen-bond donors (Lipinski definition) is 0. The third-order valence-electron chi connectivity index (χ3n) is 1.61. The van der Waals surface area contributed by atoms with Crippen molar-refractivity contribution in [2.75, 3.05) is 6.61 Å². The van der Waals surface area contributed by atoms with Gasteiger partial charge in [0.2, 0.25) is 0 Å². The van der Waals surface area contributed by atoms with E-state index in [0.717, 1.165) is 5.57 Å². The van der Waals surface area contributed by atoms with Crippen molar-refractivity contribution in [2.45, 2.75) is 6.92 Å². The van der Waals surface area contributed by atoms with Gasteiger partial charge in [-0.15, -0.1) is 0 Å². The molecule has 80 valence electrons. The monoisotopic (exact) mass is 227 g/mol. The first-order chi connectivity index (χ1) is 7.02. The van der Waals surface area contributed by atoms with E-state index >= 15 is 0 Å². The van der Waals surface area contributed by atoms with E-state index in [0.29, 0.717) is 12.4 Å². The minimum absolute atomic E-state index is 0.0174. The first-order valence-electron chi connectivity index (χ1n) is 4.22. The molecule has 0 aliphatic rings. The fraction of sp³-hybridized carbons (Fsp3) is 0.200. The third kappa shape index (κ3) is 2.95. The quantitative estimate of drug-likeness (QED) is 0.451. The Hall–Kier alpha value is -1.55. The Bertz CT molecular complexity index is 404. The Morgan fingerprint density at radius 2 is 2.33 bits per heavy atom. The van der Waals surface area contributed by atoms with Crippen LogP contribution in [-0.4, -0.2) is 11.5 Å². The van der Waals surface area contributed by atoms with Gasteiger partial charge in [-0.3, -0.25) is 10.1 Å². The van der Waals surface area contributed by atoms with Crippen LogP contribution in [0, 0.1) is 10.1 Å². The molecule has 0 heterocycles. The maximum absolute atomic E-state index is 10.6. The average molecular weight is 228 g/mol. The molecule has 0 aromatic heterocycles. The van der Waals surface area contributed by atoms with Gasteiger partial charge in [-0.05, 0) is 18.6 Å². The molecule has 0 saturated carbocycles. The summed E-state index contributed by atoms with van der Waals surface area (Å²) in [7, 11) is 0. The number of ether oxygens (including phenoxy) is 1. The zero-order valence-electron chi connectivity index (χ0n) is 8.20. The Morgan fingerprint density at radius 1 is 1.67 bits per heavy atom. The number of nitro benzene ring substituents is 1. The fourth-order valence-corrected chi connectivity index (χ4v) is 1.20. The predicted molar refractivity (Wildman–Crippen MR) is 58.4 cm³/mol. The summed E-state index contributed by atoms with van der Waals surface area (Å²) in [5.74, 6) is 0.300. The van der Waals surface area contributed by atoms with Gasteiger partial charge in [0.25, 0.3) is 5.69 Å². The van der Waals surface area contributed by atoms with Crippen LogP contribution in [0.15, 0.2) is 30.4 Å². The molecule has 0 aliphatic carbocycles. The Balaban J connectivity index is 2.94. The predicted octanol–water partition coefficient (Wildman–Crippen LogP) is 3.20. The van der Waals surface area contributed by atoms with Crippen LogP contribution in [0.5, 0.6) is 5.75 Å². The van der Waals surface area contributed by atoms with Gasteiger partial charge in [-0.2, -0.15) is 0 Å². The zero-order valence-corrected chi connectivity index (χ0v) is 8.95. The smallest absolute Gasteiger partial charge is 0.291 e. The maximum Gasteiger partial charge on any atom is 0.291 e. The fourth-order valence-electron chi connectivity index (χ4n) is 0.953. The third-order valence-corrected chi connectivity index (χ3v) is 1.99. The molecule has 0 aliphatic heterocycles. The Kier molecular flexibility index (Phi) is 3.68. The molecular formula is C10H10ClNO3. The highest BCUT2D eigenvalue weighted by Gasteiger charge is 2.15. The van der Waals surface area contributed by atoms with Gasteiger partial charge in [-0.25, -0.2) is 0 Å². The summed E-state index contributed by atoms with van der Waals surface area (Å²) in [5.41, 5.74) is 0.661. The number of halogens is 1. The molecular weight excluding hydrogens is 218 g/mol. The van der Waals surface area contributed by atoms with Crippen LogP contribution in [0.3, 0.4) is 0 Å². The van der Waals surface area contributed by atoms with Gasteiger partial charge in [0.15, 0.2) is 5.02 Å². The lowest BCUT2D eigenvalue weighted by Crippen LogP contribution is -1.99. The molecule has 0 spiro atoms. The Morgan fingerprint density at radius 3 is 2.87 bits per heavy atom. The topological polar surface area (TPSA) is 52.4 Å². The van der Waals surface area contributed by atoms with Crippen LogP contribution in [0.2, 0.25) is 5.02 Å². The van der Waals surface area contributed by atoms with Gasteiger partial charge in [0.05, 0.1) is 4.92 Å². The molecule has 4 nitrogen and oxygen atoms in total. The maximum atomic E-state index is 10.6. The van der Waals surface area contributed by atoms with E-state index in [9.17, 15) is 10.1 Å². The summed E-state index contributed by atoms with van der Waals surface area (Å²) in [5, 5.41) is 10.6. The van der Waals surface area contributed by atoms with Gasteiger partial charge in [-0.1, -0.05) is 24.2 Å². The van der Waals surface area contributed by atoms with E-state index in [4.69, 9.17) is 16.3 Å². The molecule has 0 radical (unpaired) electrons. The minimum atomic E-state index is -0.546. The number of rotatable bonds is 4. The lowest BCUT2D eigenvalue weighted by molar-refractivity contribution is -0.384. The number of hydrogen-bond acceptors (Lipinski definition) is 3. The highest BCUT2D eigenvalue weighted by molar-refractivity contribution is 6.34. The molecule has 1 aromatic rings. The SMILES string of the molecule is C=C(C)COc1cccc([N+](=O)[O-])c1Cl. The molecule has 1 aromatic carbocycles. The summed E-state index contributed by atoms with van der Waals surface area (Å²) < 4.78 is 5.25. The van der Waals surface area contributed by atoms with Crippen LogP contribution in [-0.2, 0) is 0 Å². The second-order valence-corrected chi connectivity index (χ2v) is 3.47. The normalized spacial score (nSPS) is 9.73. The molecule has 0 bridgehead atoms. The molecule has 1 rings (SSSR count). The molecule has 0 atom stereocenters. The van der Waals surface area contributed by atoms with Crippen molar-refractivity contribution in [1.29, 1.82) is 0 Å². The molecule has 0 N–H and O–H groups in total. The lowest BCUT2D eigenvalue weighted by atomic mass is 10.3. The second-order valence-electron chi connectivity index (χ2n) is 3.09. The van der Waals surface area contributed by atoms with E-state index in [1.54, 1.807) is 13.0 Å². The summed E-state index contributed by atoms with van der Waals surface area (Å²) >= 11 is 5.79. The average Bonchev–Trinajstić information content (AvgIpc) is 2.15. The molecule has 5 heteroatoms.